The maximum Gasteiger partial charge on any atom is 0.248 e. The summed E-state index contributed by atoms with van der Waals surface area (Å²) in [5, 5.41) is 8.04. The lowest BCUT2D eigenvalue weighted by Gasteiger charge is -2.17. The van der Waals surface area contributed by atoms with Gasteiger partial charge >= 0.3 is 0 Å². The van der Waals surface area contributed by atoms with Crippen LogP contribution >= 0.6 is 12.6 Å². The normalized spacial score (nSPS) is 17.6. The number of hydrogen-bond donors (Lipinski definition) is 5. The van der Waals surface area contributed by atoms with E-state index in [9.17, 15) is 19.2 Å². The Morgan fingerprint density at radius 1 is 1.10 bits per heavy atom. The van der Waals surface area contributed by atoms with Gasteiger partial charge in [-0.15, -0.1) is 0 Å². The van der Waals surface area contributed by atoms with E-state index in [1.165, 1.54) is 6.08 Å². The molecule has 30 heavy (non-hydrogen) atoms. The molecule has 2 aliphatic rings. The first-order valence-corrected chi connectivity index (χ1v) is 10.6. The number of nitrogens with two attached hydrogens (primary N) is 1. The van der Waals surface area contributed by atoms with E-state index in [1.807, 2.05) is 18.2 Å². The van der Waals surface area contributed by atoms with Crippen molar-refractivity contribution in [2.75, 3.05) is 12.3 Å². The van der Waals surface area contributed by atoms with Crippen LogP contribution in [0.5, 0.6) is 0 Å². The van der Waals surface area contributed by atoms with Gasteiger partial charge in [0.15, 0.2) is 0 Å². The SMILES string of the molecule is NC(=O)C(CCCCNC(=O)C(CS)NC(=O)C1=CC=CC1)NC(=O)/C=C1\C=CC1. The molecule has 0 aromatic rings. The van der Waals surface area contributed by atoms with Crippen LogP contribution in [-0.2, 0) is 19.2 Å². The fourth-order valence-corrected chi connectivity index (χ4v) is 3.15. The smallest absolute Gasteiger partial charge is 0.248 e. The van der Waals surface area contributed by atoms with Crippen molar-refractivity contribution in [1.29, 1.82) is 0 Å². The van der Waals surface area contributed by atoms with E-state index in [2.05, 4.69) is 28.6 Å². The predicted octanol–water partition coefficient (Wildman–Crippen LogP) is 0.430. The van der Waals surface area contributed by atoms with Crippen molar-refractivity contribution in [2.24, 2.45) is 5.73 Å². The summed E-state index contributed by atoms with van der Waals surface area (Å²) >= 11 is 4.14. The number of thiol groups is 1. The van der Waals surface area contributed by atoms with Gasteiger partial charge in [0, 0.05) is 23.9 Å². The summed E-state index contributed by atoms with van der Waals surface area (Å²) in [5.74, 6) is -1.35. The van der Waals surface area contributed by atoms with Gasteiger partial charge in [-0.1, -0.05) is 30.4 Å². The van der Waals surface area contributed by atoms with Gasteiger partial charge in [-0.3, -0.25) is 19.2 Å². The lowest BCUT2D eigenvalue weighted by atomic mass is 10.0. The number of hydrogen-bond acceptors (Lipinski definition) is 5. The average Bonchev–Trinajstić information content (AvgIpc) is 3.22. The molecular weight excluding hydrogens is 404 g/mol. The number of carbonyl (C=O) groups excluding carboxylic acids is 4. The third-order valence-electron chi connectivity index (χ3n) is 4.75. The number of rotatable bonds is 12. The van der Waals surface area contributed by atoms with Crippen LogP contribution in [0, 0.1) is 0 Å². The Labute approximate surface area is 181 Å². The molecule has 162 valence electrons. The number of unbranched alkanes of at least 4 members (excludes halogenated alkanes) is 1. The van der Waals surface area contributed by atoms with E-state index in [0.29, 0.717) is 37.8 Å². The third kappa shape index (κ3) is 7.55. The van der Waals surface area contributed by atoms with E-state index < -0.39 is 18.0 Å². The van der Waals surface area contributed by atoms with E-state index in [4.69, 9.17) is 5.73 Å². The number of carbonyl (C=O) groups is 4. The largest absolute Gasteiger partial charge is 0.368 e. The lowest BCUT2D eigenvalue weighted by Crippen LogP contribution is -2.48. The molecule has 4 amide bonds. The second kappa shape index (κ2) is 12.0. The van der Waals surface area contributed by atoms with Gasteiger partial charge in [0.05, 0.1) is 0 Å². The fourth-order valence-electron chi connectivity index (χ4n) is 2.90. The number of nitrogens with one attached hydrogen (secondary N) is 3. The van der Waals surface area contributed by atoms with Crippen LogP contribution < -0.4 is 21.7 Å². The van der Waals surface area contributed by atoms with E-state index in [1.54, 1.807) is 12.2 Å². The Balaban J connectivity index is 1.67. The van der Waals surface area contributed by atoms with Crippen LogP contribution in [0.15, 0.2) is 47.6 Å². The first-order chi connectivity index (χ1) is 14.4. The molecule has 0 aromatic carbocycles. The second-order valence-electron chi connectivity index (χ2n) is 7.11. The summed E-state index contributed by atoms with van der Waals surface area (Å²) in [6.07, 6.45) is 13.5. The Morgan fingerprint density at radius 2 is 1.87 bits per heavy atom. The number of amides is 4. The molecule has 9 heteroatoms. The molecule has 2 atom stereocenters. The third-order valence-corrected chi connectivity index (χ3v) is 5.11. The highest BCUT2D eigenvalue weighted by Crippen LogP contribution is 2.14. The summed E-state index contributed by atoms with van der Waals surface area (Å²) in [5.41, 5.74) is 6.88. The molecule has 0 radical (unpaired) electrons. The maximum atomic E-state index is 12.3. The summed E-state index contributed by atoms with van der Waals surface area (Å²) < 4.78 is 0. The van der Waals surface area contributed by atoms with Gasteiger partial charge in [0.25, 0.3) is 0 Å². The molecule has 0 aromatic heterocycles. The van der Waals surface area contributed by atoms with E-state index in [0.717, 1.165) is 12.0 Å². The summed E-state index contributed by atoms with van der Waals surface area (Å²) in [4.78, 5) is 47.8. The van der Waals surface area contributed by atoms with E-state index in [-0.39, 0.29) is 23.5 Å². The zero-order valence-corrected chi connectivity index (χ0v) is 17.6. The van der Waals surface area contributed by atoms with Gasteiger partial charge in [-0.2, -0.15) is 12.6 Å². The molecule has 2 rings (SSSR count). The summed E-state index contributed by atoms with van der Waals surface area (Å²) in [7, 11) is 0. The predicted molar refractivity (Wildman–Crippen MR) is 117 cm³/mol. The van der Waals surface area contributed by atoms with E-state index >= 15 is 0 Å². The first-order valence-electron chi connectivity index (χ1n) is 9.92. The Kier molecular flexibility index (Phi) is 9.40. The standard InChI is InChI=1S/C21H28N4O4S/c22-19(27)16(24-18(26)12-14-6-5-7-14)10-3-4-11-23-21(29)17(13-30)25-20(28)15-8-1-2-9-15/h1-2,5-6,8,12,16-17,30H,3-4,7,9-11,13H2,(H2,22,27)(H,23,29)(H,24,26)(H,25,28)/b14-12+. The molecule has 0 heterocycles. The van der Waals surface area contributed by atoms with Crippen molar-refractivity contribution < 1.29 is 19.2 Å². The van der Waals surface area contributed by atoms with Gasteiger partial charge < -0.3 is 21.7 Å². The molecule has 0 aliphatic heterocycles. The monoisotopic (exact) mass is 432 g/mol. The average molecular weight is 433 g/mol. The van der Waals surface area contributed by atoms with Gasteiger partial charge in [-0.05, 0) is 37.7 Å². The van der Waals surface area contributed by atoms with Crippen LogP contribution in [0.25, 0.3) is 0 Å². The Morgan fingerprint density at radius 3 is 2.43 bits per heavy atom. The van der Waals surface area contributed by atoms with Crippen LogP contribution in [0.2, 0.25) is 0 Å². The van der Waals surface area contributed by atoms with Crippen molar-refractivity contribution in [2.45, 2.75) is 44.2 Å². The lowest BCUT2D eigenvalue weighted by molar-refractivity contribution is -0.126. The highest BCUT2D eigenvalue weighted by Gasteiger charge is 2.21. The minimum atomic E-state index is -0.758. The summed E-state index contributed by atoms with van der Waals surface area (Å²) in [6.45, 7) is 0.373. The second-order valence-corrected chi connectivity index (χ2v) is 7.47. The number of primary amides is 1. The van der Waals surface area contributed by atoms with Crippen molar-refractivity contribution in [3.05, 3.63) is 47.6 Å². The Bertz CT molecular complexity index is 801. The molecule has 2 aliphatic carbocycles. The van der Waals surface area contributed by atoms with Crippen LogP contribution in [0.1, 0.15) is 32.1 Å². The zero-order chi connectivity index (χ0) is 21.9. The highest BCUT2D eigenvalue weighted by atomic mass is 32.1. The fraction of sp³-hybridized carbons (Fsp3) is 0.429. The minimum absolute atomic E-state index is 0.179. The molecule has 0 bridgehead atoms. The van der Waals surface area contributed by atoms with Crippen LogP contribution in [0.4, 0.5) is 0 Å². The molecule has 0 fully saturated rings. The molecule has 2 unspecified atom stereocenters. The van der Waals surface area contributed by atoms with Gasteiger partial charge in [-0.25, -0.2) is 0 Å². The van der Waals surface area contributed by atoms with Crippen LogP contribution in [-0.4, -0.2) is 48.0 Å². The number of allylic oxidation sites excluding steroid dienone is 6. The van der Waals surface area contributed by atoms with Crippen molar-refractivity contribution in [1.82, 2.24) is 16.0 Å². The van der Waals surface area contributed by atoms with Crippen molar-refractivity contribution in [3.8, 4) is 0 Å². The first kappa shape index (κ1) is 23.5. The molecule has 5 N–H and O–H groups in total. The maximum absolute atomic E-state index is 12.3. The zero-order valence-electron chi connectivity index (χ0n) is 16.7. The van der Waals surface area contributed by atoms with Gasteiger partial charge in [0.2, 0.25) is 23.6 Å². The molecule has 0 spiro atoms. The molecular formula is C21H28N4O4S. The quantitative estimate of drug-likeness (QED) is 0.174. The highest BCUT2D eigenvalue weighted by molar-refractivity contribution is 7.80. The van der Waals surface area contributed by atoms with Crippen LogP contribution in [0.3, 0.4) is 0 Å². The molecule has 8 nitrogen and oxygen atoms in total. The Hall–Kier alpha value is -2.81. The summed E-state index contributed by atoms with van der Waals surface area (Å²) in [6, 6.07) is -1.49. The minimum Gasteiger partial charge on any atom is -0.368 e. The van der Waals surface area contributed by atoms with Crippen molar-refractivity contribution in [3.63, 3.8) is 0 Å². The van der Waals surface area contributed by atoms with Crippen molar-refractivity contribution >= 4 is 36.3 Å². The molecule has 0 saturated carbocycles. The molecule has 0 saturated heterocycles. The topological polar surface area (TPSA) is 130 Å². The van der Waals surface area contributed by atoms with Gasteiger partial charge in [0.1, 0.15) is 12.1 Å².